The van der Waals surface area contributed by atoms with Crippen LogP contribution in [-0.2, 0) is 9.47 Å². The van der Waals surface area contributed by atoms with Crippen molar-refractivity contribution in [2.45, 2.75) is 58.1 Å². The van der Waals surface area contributed by atoms with Crippen molar-refractivity contribution in [3.8, 4) is 0 Å². The smallest absolute Gasteiger partial charge is 0.0646 e. The topological polar surface area (TPSA) is 30.5 Å². The molecule has 0 radical (unpaired) electrons. The van der Waals surface area contributed by atoms with Gasteiger partial charge in [0.1, 0.15) is 0 Å². The van der Waals surface area contributed by atoms with Crippen LogP contribution in [0.25, 0.3) is 0 Å². The molecular weight excluding hydrogens is 214 g/mol. The third-order valence-electron chi connectivity index (χ3n) is 3.74. The van der Waals surface area contributed by atoms with Crippen LogP contribution in [0.2, 0.25) is 0 Å². The number of hydrogen-bond donors (Lipinski definition) is 1. The number of ether oxygens (including phenoxy) is 2. The fourth-order valence-corrected chi connectivity index (χ4v) is 2.76. The highest BCUT2D eigenvalue weighted by atomic mass is 16.5. The molecule has 3 nitrogen and oxygen atoms in total. The number of rotatable bonds is 8. The lowest BCUT2D eigenvalue weighted by atomic mass is 9.85. The van der Waals surface area contributed by atoms with Gasteiger partial charge in [-0.3, -0.25) is 0 Å². The Morgan fingerprint density at radius 1 is 1.18 bits per heavy atom. The molecule has 1 fully saturated rings. The summed E-state index contributed by atoms with van der Waals surface area (Å²) in [6.07, 6.45) is 7.03. The Hall–Kier alpha value is -0.120. The highest BCUT2D eigenvalue weighted by Gasteiger charge is 2.24. The van der Waals surface area contributed by atoms with Gasteiger partial charge in [-0.25, -0.2) is 0 Å². The van der Waals surface area contributed by atoms with Crippen molar-refractivity contribution in [1.82, 2.24) is 5.32 Å². The van der Waals surface area contributed by atoms with Crippen molar-refractivity contribution in [3.05, 3.63) is 0 Å². The molecule has 1 aliphatic rings. The predicted molar refractivity (Wildman–Crippen MR) is 71.3 cm³/mol. The zero-order chi connectivity index (χ0) is 12.5. The Morgan fingerprint density at radius 3 is 2.59 bits per heavy atom. The molecule has 0 saturated heterocycles. The van der Waals surface area contributed by atoms with Crippen molar-refractivity contribution < 1.29 is 9.47 Å². The Kier molecular flexibility index (Phi) is 7.82. The van der Waals surface area contributed by atoms with Gasteiger partial charge in [-0.1, -0.05) is 33.1 Å². The minimum absolute atomic E-state index is 0.337. The quantitative estimate of drug-likeness (QED) is 0.711. The van der Waals surface area contributed by atoms with Crippen molar-refractivity contribution in [3.63, 3.8) is 0 Å². The maximum Gasteiger partial charge on any atom is 0.0646 e. The van der Waals surface area contributed by atoms with Crippen LogP contribution in [0.3, 0.4) is 0 Å². The van der Waals surface area contributed by atoms with Crippen LogP contribution in [0.1, 0.15) is 46.0 Å². The van der Waals surface area contributed by atoms with Crippen LogP contribution < -0.4 is 5.32 Å². The van der Waals surface area contributed by atoms with Crippen molar-refractivity contribution in [2.24, 2.45) is 5.92 Å². The first kappa shape index (κ1) is 14.9. The lowest BCUT2D eigenvalue weighted by molar-refractivity contribution is -0.0294. The first-order valence-corrected chi connectivity index (χ1v) is 7.15. The summed E-state index contributed by atoms with van der Waals surface area (Å²) >= 11 is 0. The van der Waals surface area contributed by atoms with Crippen molar-refractivity contribution in [1.29, 1.82) is 0 Å². The van der Waals surface area contributed by atoms with E-state index in [0.717, 1.165) is 25.7 Å². The van der Waals surface area contributed by atoms with Gasteiger partial charge in [0.2, 0.25) is 0 Å². The molecule has 0 amide bonds. The van der Waals surface area contributed by atoms with E-state index in [4.69, 9.17) is 9.47 Å². The average molecular weight is 243 g/mol. The highest BCUT2D eigenvalue weighted by Crippen LogP contribution is 2.29. The molecule has 0 aromatic rings. The molecule has 3 unspecified atom stereocenters. The fourth-order valence-electron chi connectivity index (χ4n) is 2.76. The highest BCUT2D eigenvalue weighted by molar-refractivity contribution is 4.76. The van der Waals surface area contributed by atoms with Gasteiger partial charge in [-0.15, -0.1) is 0 Å². The van der Waals surface area contributed by atoms with Gasteiger partial charge in [-0.2, -0.15) is 0 Å². The van der Waals surface area contributed by atoms with E-state index >= 15 is 0 Å². The lowest BCUT2D eigenvalue weighted by Crippen LogP contribution is -2.40. The molecule has 1 rings (SSSR count). The van der Waals surface area contributed by atoms with E-state index in [9.17, 15) is 0 Å². The summed E-state index contributed by atoms with van der Waals surface area (Å²) in [5, 5.41) is 3.41. The van der Waals surface area contributed by atoms with E-state index in [1.54, 1.807) is 7.11 Å². The van der Waals surface area contributed by atoms with Gasteiger partial charge in [-0.05, 0) is 25.3 Å². The summed E-state index contributed by atoms with van der Waals surface area (Å²) in [4.78, 5) is 0. The monoisotopic (exact) mass is 243 g/mol. The lowest BCUT2D eigenvalue weighted by Gasteiger charge is -2.32. The van der Waals surface area contributed by atoms with Gasteiger partial charge in [0.25, 0.3) is 0 Å². The second-order valence-electron chi connectivity index (χ2n) is 5.03. The molecule has 0 bridgehead atoms. The van der Waals surface area contributed by atoms with E-state index in [-0.39, 0.29) is 0 Å². The van der Waals surface area contributed by atoms with E-state index in [1.165, 1.54) is 32.1 Å². The third kappa shape index (κ3) is 5.36. The Labute approximate surface area is 106 Å². The summed E-state index contributed by atoms with van der Waals surface area (Å²) in [6, 6.07) is 0.337. The summed E-state index contributed by atoms with van der Waals surface area (Å²) in [7, 11) is 1.75. The van der Waals surface area contributed by atoms with Crippen LogP contribution >= 0.6 is 0 Å². The summed E-state index contributed by atoms with van der Waals surface area (Å²) in [5.41, 5.74) is 0. The molecule has 0 aromatic carbocycles. The molecular formula is C14H29NO2. The Balaban J connectivity index is 2.30. The predicted octanol–water partition coefficient (Wildman–Crippen LogP) is 2.60. The Morgan fingerprint density at radius 2 is 1.94 bits per heavy atom. The zero-order valence-corrected chi connectivity index (χ0v) is 11.7. The molecule has 3 atom stereocenters. The molecule has 102 valence electrons. The molecule has 0 spiro atoms. The molecule has 3 heteroatoms. The van der Waals surface area contributed by atoms with Crippen LogP contribution in [0, 0.1) is 5.92 Å². The fraction of sp³-hybridized carbons (Fsp3) is 1.00. The minimum Gasteiger partial charge on any atom is -0.383 e. The van der Waals surface area contributed by atoms with Crippen molar-refractivity contribution in [2.75, 3.05) is 26.9 Å². The number of likely N-dealkylation sites (N-methyl/N-ethyl adjacent to an activating group) is 1. The molecule has 1 N–H and O–H groups in total. The van der Waals surface area contributed by atoms with Gasteiger partial charge in [0, 0.05) is 7.11 Å². The summed E-state index contributed by atoms with van der Waals surface area (Å²) in [6.45, 7) is 6.89. The molecule has 17 heavy (non-hydrogen) atoms. The standard InChI is InChI=1S/C14H29NO2/c1-4-12-8-6-7-9-14(12)17-11-13(10-16-3)15-5-2/h12-15H,4-11H2,1-3H3. The second kappa shape index (κ2) is 8.90. The van der Waals surface area contributed by atoms with E-state index in [0.29, 0.717) is 12.1 Å². The molecule has 1 saturated carbocycles. The van der Waals surface area contributed by atoms with Crippen LogP contribution in [0.4, 0.5) is 0 Å². The number of methoxy groups -OCH3 is 1. The van der Waals surface area contributed by atoms with Gasteiger partial charge >= 0.3 is 0 Å². The maximum atomic E-state index is 6.11. The normalized spacial score (nSPS) is 27.0. The number of nitrogens with one attached hydrogen (secondary N) is 1. The molecule has 0 aromatic heterocycles. The van der Waals surface area contributed by atoms with Crippen LogP contribution in [-0.4, -0.2) is 39.0 Å². The summed E-state index contributed by atoms with van der Waals surface area (Å²) in [5.74, 6) is 0.772. The molecule has 0 aliphatic heterocycles. The molecule has 0 heterocycles. The van der Waals surface area contributed by atoms with E-state index in [1.807, 2.05) is 0 Å². The van der Waals surface area contributed by atoms with Crippen LogP contribution in [0.5, 0.6) is 0 Å². The van der Waals surface area contributed by atoms with Crippen molar-refractivity contribution >= 4 is 0 Å². The van der Waals surface area contributed by atoms with Gasteiger partial charge < -0.3 is 14.8 Å². The third-order valence-corrected chi connectivity index (χ3v) is 3.74. The molecule has 1 aliphatic carbocycles. The number of hydrogen-bond acceptors (Lipinski definition) is 3. The minimum atomic E-state index is 0.337. The maximum absolute atomic E-state index is 6.11. The van der Waals surface area contributed by atoms with E-state index < -0.39 is 0 Å². The first-order valence-electron chi connectivity index (χ1n) is 7.15. The first-order chi connectivity index (χ1) is 8.31. The van der Waals surface area contributed by atoms with Gasteiger partial charge in [0.05, 0.1) is 25.4 Å². The average Bonchev–Trinajstić information content (AvgIpc) is 2.37. The van der Waals surface area contributed by atoms with E-state index in [2.05, 4.69) is 19.2 Å². The summed E-state index contributed by atoms with van der Waals surface area (Å²) < 4.78 is 11.3. The van der Waals surface area contributed by atoms with Gasteiger partial charge in [0.15, 0.2) is 0 Å². The van der Waals surface area contributed by atoms with Crippen LogP contribution in [0.15, 0.2) is 0 Å². The largest absolute Gasteiger partial charge is 0.383 e. The Bertz CT molecular complexity index is 181. The second-order valence-corrected chi connectivity index (χ2v) is 5.03. The SMILES string of the molecule is CCNC(COC)COC1CCCCC1CC. The zero-order valence-electron chi connectivity index (χ0n) is 11.7.